The lowest BCUT2D eigenvalue weighted by molar-refractivity contribution is 0.218. The van der Waals surface area contributed by atoms with Crippen molar-refractivity contribution >= 4 is 17.3 Å². The van der Waals surface area contributed by atoms with E-state index in [0.717, 1.165) is 39.1 Å². The molecule has 1 atom stereocenters. The van der Waals surface area contributed by atoms with E-state index < -0.39 is 0 Å². The molecule has 0 aromatic carbocycles. The molecule has 0 saturated heterocycles. The highest BCUT2D eigenvalue weighted by Crippen LogP contribution is 2.23. The largest absolute Gasteiger partial charge is 0.354 e. The SMILES string of the molecule is Cc1ccc(CN2Cc3ccnn3C[C@@H](CCNc3ncccn3)C2)s1. The number of thiophene rings is 1. The van der Waals surface area contributed by atoms with E-state index >= 15 is 0 Å². The molecule has 0 bridgehead atoms. The van der Waals surface area contributed by atoms with Crippen molar-refractivity contribution in [2.75, 3.05) is 18.4 Å². The summed E-state index contributed by atoms with van der Waals surface area (Å²) in [6.45, 7) is 7.07. The van der Waals surface area contributed by atoms with E-state index in [1.807, 2.05) is 23.6 Å². The van der Waals surface area contributed by atoms with E-state index in [1.165, 1.54) is 15.4 Å². The molecule has 0 aliphatic carbocycles. The first-order valence-corrected chi connectivity index (χ1v) is 9.87. The predicted octanol–water partition coefficient (Wildman–Crippen LogP) is 3.18. The molecule has 6 nitrogen and oxygen atoms in total. The molecule has 0 fully saturated rings. The van der Waals surface area contributed by atoms with Crippen molar-refractivity contribution < 1.29 is 0 Å². The Morgan fingerprint density at radius 1 is 1.15 bits per heavy atom. The van der Waals surface area contributed by atoms with Crippen LogP contribution in [0.5, 0.6) is 0 Å². The lowest BCUT2D eigenvalue weighted by Gasteiger charge is -2.23. The summed E-state index contributed by atoms with van der Waals surface area (Å²) < 4.78 is 2.17. The van der Waals surface area contributed by atoms with Gasteiger partial charge >= 0.3 is 0 Å². The second-order valence-corrected chi connectivity index (χ2v) is 8.21. The molecule has 1 N–H and O–H groups in total. The van der Waals surface area contributed by atoms with Gasteiger partial charge in [0.2, 0.25) is 5.95 Å². The van der Waals surface area contributed by atoms with Crippen LogP contribution < -0.4 is 5.32 Å². The van der Waals surface area contributed by atoms with Gasteiger partial charge in [0.1, 0.15) is 0 Å². The smallest absolute Gasteiger partial charge is 0.222 e. The Morgan fingerprint density at radius 3 is 2.85 bits per heavy atom. The minimum absolute atomic E-state index is 0.549. The normalized spacial score (nSPS) is 17.7. The highest BCUT2D eigenvalue weighted by atomic mass is 32.1. The summed E-state index contributed by atoms with van der Waals surface area (Å²) in [5.41, 5.74) is 1.31. The second kappa shape index (κ2) is 7.97. The van der Waals surface area contributed by atoms with Crippen LogP contribution in [0.15, 0.2) is 42.9 Å². The van der Waals surface area contributed by atoms with Crippen LogP contribution in [-0.4, -0.2) is 37.7 Å². The van der Waals surface area contributed by atoms with Crippen molar-refractivity contribution in [3.8, 4) is 0 Å². The van der Waals surface area contributed by atoms with Gasteiger partial charge in [0, 0.05) is 61.1 Å². The zero-order valence-electron chi connectivity index (χ0n) is 15.0. The van der Waals surface area contributed by atoms with E-state index in [9.17, 15) is 0 Å². The first-order valence-electron chi connectivity index (χ1n) is 9.05. The number of nitrogens with zero attached hydrogens (tertiary/aromatic N) is 5. The van der Waals surface area contributed by atoms with Crippen molar-refractivity contribution in [2.45, 2.75) is 33.0 Å². The number of hydrogen-bond acceptors (Lipinski definition) is 6. The van der Waals surface area contributed by atoms with E-state index in [4.69, 9.17) is 0 Å². The predicted molar refractivity (Wildman–Crippen MR) is 104 cm³/mol. The van der Waals surface area contributed by atoms with Crippen molar-refractivity contribution in [3.63, 3.8) is 0 Å². The summed E-state index contributed by atoms with van der Waals surface area (Å²) in [6, 6.07) is 8.44. The first kappa shape index (κ1) is 17.2. The lowest BCUT2D eigenvalue weighted by atomic mass is 10.1. The summed E-state index contributed by atoms with van der Waals surface area (Å²) in [6.07, 6.45) is 6.52. The fraction of sp³-hybridized carbons (Fsp3) is 0.421. The fourth-order valence-electron chi connectivity index (χ4n) is 3.49. The third kappa shape index (κ3) is 4.28. The van der Waals surface area contributed by atoms with Crippen molar-refractivity contribution in [3.05, 3.63) is 58.3 Å². The quantitative estimate of drug-likeness (QED) is 0.724. The van der Waals surface area contributed by atoms with Gasteiger partial charge in [-0.1, -0.05) is 0 Å². The fourth-order valence-corrected chi connectivity index (χ4v) is 4.42. The molecule has 0 amide bonds. The van der Waals surface area contributed by atoms with Crippen LogP contribution in [0.2, 0.25) is 0 Å². The molecule has 3 aromatic heterocycles. The molecule has 3 aromatic rings. The standard InChI is InChI=1S/C19H24N6S/c1-15-3-4-18(26-15)14-24-11-16(12-25-17(13-24)6-10-23-25)5-9-22-19-20-7-2-8-21-19/h2-4,6-8,10,16H,5,9,11-14H2,1H3,(H,20,21,22)/t16-/m0/s1. The van der Waals surface area contributed by atoms with Gasteiger partial charge in [-0.2, -0.15) is 5.10 Å². The maximum atomic E-state index is 4.53. The number of aromatic nitrogens is 4. The van der Waals surface area contributed by atoms with Crippen molar-refractivity contribution in [1.29, 1.82) is 0 Å². The minimum Gasteiger partial charge on any atom is -0.354 e. The number of anilines is 1. The van der Waals surface area contributed by atoms with Crippen LogP contribution in [0, 0.1) is 12.8 Å². The Kier molecular flexibility index (Phi) is 5.26. The molecule has 4 heterocycles. The van der Waals surface area contributed by atoms with Crippen molar-refractivity contribution in [2.24, 2.45) is 5.92 Å². The van der Waals surface area contributed by atoms with Gasteiger partial charge in [0.15, 0.2) is 0 Å². The Morgan fingerprint density at radius 2 is 2.04 bits per heavy atom. The van der Waals surface area contributed by atoms with Crippen LogP contribution in [0.1, 0.15) is 21.9 Å². The molecule has 0 saturated carbocycles. The summed E-state index contributed by atoms with van der Waals surface area (Å²) >= 11 is 1.89. The molecular weight excluding hydrogens is 344 g/mol. The number of hydrogen-bond donors (Lipinski definition) is 1. The zero-order valence-corrected chi connectivity index (χ0v) is 15.8. The van der Waals surface area contributed by atoms with Crippen LogP contribution in [-0.2, 0) is 19.6 Å². The Bertz CT molecular complexity index is 827. The van der Waals surface area contributed by atoms with Gasteiger partial charge < -0.3 is 5.32 Å². The summed E-state index contributed by atoms with van der Waals surface area (Å²) in [7, 11) is 0. The summed E-state index contributed by atoms with van der Waals surface area (Å²) in [4.78, 5) is 13.8. The number of rotatable bonds is 6. The van der Waals surface area contributed by atoms with Gasteiger partial charge in [-0.15, -0.1) is 11.3 Å². The lowest BCUT2D eigenvalue weighted by Crippen LogP contribution is -2.28. The molecule has 7 heteroatoms. The van der Waals surface area contributed by atoms with Gasteiger partial charge in [0.05, 0.1) is 5.69 Å². The van der Waals surface area contributed by atoms with Gasteiger partial charge in [-0.05, 0) is 43.5 Å². The van der Waals surface area contributed by atoms with Crippen LogP contribution in [0.25, 0.3) is 0 Å². The molecule has 0 unspecified atom stereocenters. The molecule has 1 aliphatic heterocycles. The van der Waals surface area contributed by atoms with Gasteiger partial charge in [-0.3, -0.25) is 9.58 Å². The third-order valence-corrected chi connectivity index (χ3v) is 5.70. The highest BCUT2D eigenvalue weighted by Gasteiger charge is 2.22. The summed E-state index contributed by atoms with van der Waals surface area (Å²) in [5, 5.41) is 7.86. The molecular formula is C19H24N6S. The molecule has 1 aliphatic rings. The Balaban J connectivity index is 1.40. The second-order valence-electron chi connectivity index (χ2n) is 6.84. The monoisotopic (exact) mass is 368 g/mol. The molecule has 0 radical (unpaired) electrons. The minimum atomic E-state index is 0.549. The maximum Gasteiger partial charge on any atom is 0.222 e. The first-order chi connectivity index (χ1) is 12.8. The van der Waals surface area contributed by atoms with Crippen molar-refractivity contribution in [1.82, 2.24) is 24.6 Å². The molecule has 4 rings (SSSR count). The van der Waals surface area contributed by atoms with Gasteiger partial charge in [-0.25, -0.2) is 9.97 Å². The Labute approximate surface area is 157 Å². The van der Waals surface area contributed by atoms with E-state index in [1.54, 1.807) is 12.4 Å². The summed E-state index contributed by atoms with van der Waals surface area (Å²) in [5.74, 6) is 1.25. The third-order valence-electron chi connectivity index (χ3n) is 4.71. The number of aryl methyl sites for hydroxylation is 1. The van der Waals surface area contributed by atoms with Gasteiger partial charge in [0.25, 0.3) is 0 Å². The van der Waals surface area contributed by atoms with E-state index in [0.29, 0.717) is 11.9 Å². The average molecular weight is 369 g/mol. The Hall–Kier alpha value is -2.25. The van der Waals surface area contributed by atoms with Crippen LogP contribution >= 0.6 is 11.3 Å². The average Bonchev–Trinajstić information content (AvgIpc) is 3.21. The molecule has 0 spiro atoms. The van der Waals surface area contributed by atoms with E-state index in [-0.39, 0.29) is 0 Å². The zero-order chi connectivity index (χ0) is 17.8. The van der Waals surface area contributed by atoms with Crippen LogP contribution in [0.4, 0.5) is 5.95 Å². The van der Waals surface area contributed by atoms with Crippen LogP contribution in [0.3, 0.4) is 0 Å². The molecule has 136 valence electrons. The molecule has 26 heavy (non-hydrogen) atoms. The maximum absolute atomic E-state index is 4.53. The number of fused-ring (bicyclic) bond motifs is 1. The highest BCUT2D eigenvalue weighted by molar-refractivity contribution is 7.11. The number of nitrogens with one attached hydrogen (secondary N) is 1. The topological polar surface area (TPSA) is 58.9 Å². The van der Waals surface area contributed by atoms with E-state index in [2.05, 4.69) is 55.1 Å².